The second-order valence-electron chi connectivity index (χ2n) is 4.79. The van der Waals surface area contributed by atoms with Crippen molar-refractivity contribution in [2.45, 2.75) is 18.4 Å². The summed E-state index contributed by atoms with van der Waals surface area (Å²) in [6.07, 6.45) is 0. The molecule has 0 radical (unpaired) electrons. The molecule has 0 aliphatic heterocycles. The highest BCUT2D eigenvalue weighted by Crippen LogP contribution is 2.34. The molecule has 1 heterocycles. The molecule has 7 nitrogen and oxygen atoms in total. The molecule has 0 spiro atoms. The van der Waals surface area contributed by atoms with Gasteiger partial charge in [0.15, 0.2) is 4.90 Å². The summed E-state index contributed by atoms with van der Waals surface area (Å²) in [5.41, 5.74) is -0.289. The van der Waals surface area contributed by atoms with E-state index in [1.54, 1.807) is 23.3 Å². The fourth-order valence-electron chi connectivity index (χ4n) is 2.12. The molecule has 9 heteroatoms. The third-order valence-corrected chi connectivity index (χ3v) is 4.99. The van der Waals surface area contributed by atoms with Crippen molar-refractivity contribution < 1.29 is 13.3 Å². The Labute approximate surface area is 132 Å². The molecule has 2 rings (SSSR count). The third kappa shape index (κ3) is 3.43. The summed E-state index contributed by atoms with van der Waals surface area (Å²) >= 11 is 1.58. The van der Waals surface area contributed by atoms with E-state index in [9.17, 15) is 18.5 Å². The molecule has 0 saturated heterocycles. The first-order chi connectivity index (χ1) is 10.2. The largest absolute Gasteiger partial charge is 0.364 e. The molecule has 0 aliphatic rings. The first kappa shape index (κ1) is 16.4. The van der Waals surface area contributed by atoms with Crippen LogP contribution in [0.3, 0.4) is 0 Å². The molecule has 1 aromatic carbocycles. The molecule has 0 fully saturated rings. The minimum absolute atomic E-state index is 0.211. The minimum atomic E-state index is -4.17. The summed E-state index contributed by atoms with van der Waals surface area (Å²) < 4.78 is 23.1. The van der Waals surface area contributed by atoms with Gasteiger partial charge in [0.25, 0.3) is 0 Å². The van der Waals surface area contributed by atoms with E-state index >= 15 is 0 Å². The van der Waals surface area contributed by atoms with Crippen molar-refractivity contribution in [3.05, 3.63) is 50.2 Å². The maximum atomic E-state index is 11.6. The quantitative estimate of drug-likeness (QED) is 0.663. The Morgan fingerprint density at radius 1 is 1.32 bits per heavy atom. The van der Waals surface area contributed by atoms with Gasteiger partial charge < -0.3 is 4.90 Å². The van der Waals surface area contributed by atoms with Crippen LogP contribution in [-0.4, -0.2) is 20.4 Å². The summed E-state index contributed by atoms with van der Waals surface area (Å²) in [7, 11) is -2.50. The van der Waals surface area contributed by atoms with Gasteiger partial charge >= 0.3 is 5.69 Å². The zero-order valence-electron chi connectivity index (χ0n) is 12.0. The van der Waals surface area contributed by atoms with E-state index in [0.717, 1.165) is 15.8 Å². The number of benzene rings is 1. The minimum Gasteiger partial charge on any atom is -0.364 e. The molecule has 0 bridgehead atoms. The SMILES string of the molecule is Cc1ccc(CN(C)c2cccc(S(N)(=O)=O)c2[N+](=O)[O-])s1. The Morgan fingerprint density at radius 3 is 2.50 bits per heavy atom. The number of hydrogen-bond acceptors (Lipinski definition) is 6. The number of thiophene rings is 1. The number of nitro benzene ring substituents is 1. The van der Waals surface area contributed by atoms with Gasteiger partial charge in [0, 0.05) is 16.8 Å². The van der Waals surface area contributed by atoms with Gasteiger partial charge in [-0.15, -0.1) is 11.3 Å². The number of anilines is 1. The first-order valence-corrected chi connectivity index (χ1v) is 8.63. The molecule has 0 saturated carbocycles. The number of primary sulfonamides is 1. The Morgan fingerprint density at radius 2 is 2.00 bits per heavy atom. The Bertz CT molecular complexity index is 814. The van der Waals surface area contributed by atoms with E-state index in [2.05, 4.69) is 0 Å². The van der Waals surface area contributed by atoms with Crippen LogP contribution >= 0.6 is 11.3 Å². The van der Waals surface area contributed by atoms with Crippen molar-refractivity contribution in [2.75, 3.05) is 11.9 Å². The van der Waals surface area contributed by atoms with Crippen molar-refractivity contribution >= 4 is 32.7 Å². The maximum absolute atomic E-state index is 11.6. The summed E-state index contributed by atoms with van der Waals surface area (Å²) in [5, 5.41) is 16.4. The molecule has 2 aromatic rings. The number of rotatable bonds is 5. The van der Waals surface area contributed by atoms with E-state index in [4.69, 9.17) is 5.14 Å². The summed E-state index contributed by atoms with van der Waals surface area (Å²) in [4.78, 5) is 13.9. The number of nitrogens with two attached hydrogens (primary N) is 1. The van der Waals surface area contributed by atoms with Gasteiger partial charge in [0.1, 0.15) is 5.69 Å². The molecular weight excluding hydrogens is 326 g/mol. The molecule has 0 amide bonds. The van der Waals surface area contributed by atoms with Crippen LogP contribution < -0.4 is 10.0 Å². The fourth-order valence-corrected chi connectivity index (χ4v) is 3.78. The van der Waals surface area contributed by atoms with Gasteiger partial charge in [-0.1, -0.05) is 6.07 Å². The molecule has 0 aliphatic carbocycles. The third-order valence-electron chi connectivity index (χ3n) is 3.07. The topological polar surface area (TPSA) is 107 Å². The second-order valence-corrected chi connectivity index (χ2v) is 7.70. The normalized spacial score (nSPS) is 11.4. The van der Waals surface area contributed by atoms with Gasteiger partial charge in [-0.3, -0.25) is 10.1 Å². The summed E-state index contributed by atoms with van der Waals surface area (Å²) in [6, 6.07) is 7.99. The van der Waals surface area contributed by atoms with Crippen LogP contribution in [0.2, 0.25) is 0 Å². The molecule has 0 unspecified atom stereocenters. The number of hydrogen-bond donors (Lipinski definition) is 1. The van der Waals surface area contributed by atoms with E-state index < -0.39 is 25.5 Å². The molecule has 118 valence electrons. The highest BCUT2D eigenvalue weighted by Gasteiger charge is 2.28. The van der Waals surface area contributed by atoms with Crippen molar-refractivity contribution in [3.8, 4) is 0 Å². The lowest BCUT2D eigenvalue weighted by atomic mass is 10.2. The number of aryl methyl sites for hydroxylation is 1. The van der Waals surface area contributed by atoms with E-state index in [0.29, 0.717) is 6.54 Å². The van der Waals surface area contributed by atoms with Gasteiger partial charge in [0.2, 0.25) is 10.0 Å². The smallest absolute Gasteiger partial charge is 0.312 e. The van der Waals surface area contributed by atoms with Crippen LogP contribution in [0.25, 0.3) is 0 Å². The monoisotopic (exact) mass is 341 g/mol. The van der Waals surface area contributed by atoms with E-state index in [-0.39, 0.29) is 5.69 Å². The fraction of sp³-hybridized carbons (Fsp3) is 0.231. The van der Waals surface area contributed by atoms with Gasteiger partial charge in [0.05, 0.1) is 11.5 Å². The summed E-state index contributed by atoms with van der Waals surface area (Å²) in [5.74, 6) is 0. The van der Waals surface area contributed by atoms with Crippen LogP contribution in [0.5, 0.6) is 0 Å². The number of nitrogens with zero attached hydrogens (tertiary/aromatic N) is 2. The van der Waals surface area contributed by atoms with Crippen molar-refractivity contribution in [1.29, 1.82) is 0 Å². The Kier molecular flexibility index (Phi) is 4.50. The van der Waals surface area contributed by atoms with Crippen LogP contribution in [-0.2, 0) is 16.6 Å². The lowest BCUT2D eigenvalue weighted by Crippen LogP contribution is -2.20. The maximum Gasteiger partial charge on any atom is 0.312 e. The molecule has 1 aromatic heterocycles. The highest BCUT2D eigenvalue weighted by molar-refractivity contribution is 7.89. The van der Waals surface area contributed by atoms with Crippen molar-refractivity contribution in [1.82, 2.24) is 0 Å². The van der Waals surface area contributed by atoms with Crippen LogP contribution in [0, 0.1) is 17.0 Å². The molecule has 2 N–H and O–H groups in total. The van der Waals surface area contributed by atoms with Crippen molar-refractivity contribution in [2.24, 2.45) is 5.14 Å². The molecular formula is C13H15N3O4S2. The standard InChI is InChI=1S/C13H15N3O4S2/c1-9-6-7-10(21-9)8-15(2)11-4-3-5-12(22(14,19)20)13(11)16(17)18/h3-7H,8H2,1-2H3,(H2,14,19,20). The number of para-hydroxylation sites is 1. The van der Waals surface area contributed by atoms with Gasteiger partial charge in [-0.05, 0) is 31.2 Å². The van der Waals surface area contributed by atoms with Crippen molar-refractivity contribution in [3.63, 3.8) is 0 Å². The second kappa shape index (κ2) is 6.03. The predicted molar refractivity (Wildman–Crippen MR) is 85.6 cm³/mol. The Hall–Kier alpha value is -1.97. The number of sulfonamides is 1. The lowest BCUT2D eigenvalue weighted by molar-refractivity contribution is -0.387. The van der Waals surface area contributed by atoms with Crippen LogP contribution in [0.4, 0.5) is 11.4 Å². The number of nitro groups is 1. The molecule has 22 heavy (non-hydrogen) atoms. The van der Waals surface area contributed by atoms with Crippen LogP contribution in [0.15, 0.2) is 35.2 Å². The first-order valence-electron chi connectivity index (χ1n) is 6.27. The van der Waals surface area contributed by atoms with E-state index in [1.165, 1.54) is 12.1 Å². The van der Waals surface area contributed by atoms with Gasteiger partial charge in [-0.2, -0.15) is 0 Å². The zero-order chi connectivity index (χ0) is 16.5. The molecule has 0 atom stereocenters. The predicted octanol–water partition coefficient (Wildman–Crippen LogP) is 2.25. The van der Waals surface area contributed by atoms with E-state index in [1.807, 2.05) is 19.1 Å². The van der Waals surface area contributed by atoms with Gasteiger partial charge in [-0.25, -0.2) is 13.6 Å². The zero-order valence-corrected chi connectivity index (χ0v) is 13.6. The summed E-state index contributed by atoms with van der Waals surface area (Å²) in [6.45, 7) is 2.41. The lowest BCUT2D eigenvalue weighted by Gasteiger charge is -2.19. The average Bonchev–Trinajstić information content (AvgIpc) is 2.82. The Balaban J connectivity index is 2.48. The highest BCUT2D eigenvalue weighted by atomic mass is 32.2. The average molecular weight is 341 g/mol. The van der Waals surface area contributed by atoms with Crippen LogP contribution in [0.1, 0.15) is 9.75 Å².